The third kappa shape index (κ3) is 5.00. The zero-order valence-electron chi connectivity index (χ0n) is 13.8. The minimum atomic E-state index is -2.95. The maximum Gasteiger partial charge on any atom is 0.387 e. The largest absolute Gasteiger partial charge is 0.489 e. The van der Waals surface area contributed by atoms with E-state index in [1.165, 1.54) is 18.2 Å². The fourth-order valence-corrected chi connectivity index (χ4v) is 3.12. The van der Waals surface area contributed by atoms with E-state index in [0.717, 1.165) is 12.8 Å². The molecule has 0 saturated heterocycles. The van der Waals surface area contributed by atoms with Crippen LogP contribution in [0, 0.1) is 5.92 Å². The summed E-state index contributed by atoms with van der Waals surface area (Å²) in [4.78, 5) is 0. The molecule has 2 aromatic rings. The Morgan fingerprint density at radius 3 is 2.38 bits per heavy atom. The topological polar surface area (TPSA) is 38.7 Å². The second-order valence-corrected chi connectivity index (χ2v) is 7.07. The third-order valence-electron chi connectivity index (χ3n) is 4.20. The summed E-state index contributed by atoms with van der Waals surface area (Å²) < 4.78 is 35.3. The highest BCUT2D eigenvalue weighted by Crippen LogP contribution is 2.36. The van der Waals surface area contributed by atoms with Crippen molar-refractivity contribution in [2.75, 3.05) is 6.61 Å². The Kier molecular flexibility index (Phi) is 6.22. The molecule has 0 bridgehead atoms. The molecule has 0 aliphatic heterocycles. The van der Waals surface area contributed by atoms with Crippen LogP contribution in [0.25, 0.3) is 0 Å². The Hall–Kier alpha value is -1.56. The first-order valence-corrected chi connectivity index (χ1v) is 9.02. The second kappa shape index (κ2) is 8.42. The van der Waals surface area contributed by atoms with Crippen LogP contribution in [-0.4, -0.2) is 18.3 Å². The van der Waals surface area contributed by atoms with E-state index >= 15 is 0 Å². The fourth-order valence-electron chi connectivity index (χ4n) is 2.57. The summed E-state index contributed by atoms with van der Waals surface area (Å²) in [7, 11) is 0. The Balaban J connectivity index is 1.80. The monoisotopic (exact) mass is 402 g/mol. The first-order chi connectivity index (χ1) is 12.4. The van der Waals surface area contributed by atoms with Gasteiger partial charge in [-0.1, -0.05) is 35.3 Å². The van der Waals surface area contributed by atoms with Crippen molar-refractivity contribution in [3.63, 3.8) is 0 Å². The molecule has 1 aliphatic carbocycles. The molecule has 0 radical (unpaired) electrons. The minimum absolute atomic E-state index is 0.0487. The zero-order chi connectivity index (χ0) is 18.7. The molecule has 7 heteroatoms. The van der Waals surface area contributed by atoms with Gasteiger partial charge in [0.1, 0.15) is 0 Å². The van der Waals surface area contributed by atoms with Gasteiger partial charge in [0, 0.05) is 16.5 Å². The summed E-state index contributed by atoms with van der Waals surface area (Å²) in [5.41, 5.74) is 1.13. The van der Waals surface area contributed by atoms with E-state index < -0.39 is 12.7 Å². The first-order valence-electron chi connectivity index (χ1n) is 8.26. The van der Waals surface area contributed by atoms with E-state index in [4.69, 9.17) is 27.9 Å². The van der Waals surface area contributed by atoms with Crippen LogP contribution in [0.15, 0.2) is 36.4 Å². The van der Waals surface area contributed by atoms with E-state index in [-0.39, 0.29) is 17.9 Å². The van der Waals surface area contributed by atoms with Crippen molar-refractivity contribution in [1.29, 1.82) is 0 Å². The standard InChI is InChI=1S/C19H18Cl2F2O3/c20-14-2-1-3-15(21)13(14)9-16(24)12-6-7-17(26-19(22)23)18(8-12)25-10-11-4-5-11/h1-3,6-8,11,16,19,24H,4-5,9-10H2. The van der Waals surface area contributed by atoms with Crippen LogP contribution >= 0.6 is 23.2 Å². The number of hydrogen-bond donors (Lipinski definition) is 1. The molecule has 140 valence electrons. The van der Waals surface area contributed by atoms with Crippen LogP contribution in [0.1, 0.15) is 30.1 Å². The molecule has 2 aromatic carbocycles. The summed E-state index contributed by atoms with van der Waals surface area (Å²) in [6.45, 7) is -2.51. The summed E-state index contributed by atoms with van der Waals surface area (Å²) in [6, 6.07) is 9.53. The molecule has 0 aromatic heterocycles. The van der Waals surface area contributed by atoms with Gasteiger partial charge in [-0.05, 0) is 54.2 Å². The van der Waals surface area contributed by atoms with Gasteiger partial charge < -0.3 is 14.6 Å². The van der Waals surface area contributed by atoms with Gasteiger partial charge in [-0.3, -0.25) is 0 Å². The number of alkyl halides is 2. The molecule has 1 fully saturated rings. The van der Waals surface area contributed by atoms with Crippen LogP contribution in [0.3, 0.4) is 0 Å². The molecule has 1 N–H and O–H groups in total. The molecule has 0 amide bonds. The molecule has 3 nitrogen and oxygen atoms in total. The Morgan fingerprint density at radius 2 is 1.77 bits per heavy atom. The molecular formula is C19H18Cl2F2O3. The zero-order valence-corrected chi connectivity index (χ0v) is 15.3. The van der Waals surface area contributed by atoms with Crippen LogP contribution in [-0.2, 0) is 6.42 Å². The molecule has 0 spiro atoms. The predicted molar refractivity (Wildman–Crippen MR) is 96.4 cm³/mol. The van der Waals surface area contributed by atoms with Crippen molar-refractivity contribution in [2.24, 2.45) is 5.92 Å². The third-order valence-corrected chi connectivity index (χ3v) is 4.91. The lowest BCUT2D eigenvalue weighted by Crippen LogP contribution is -2.08. The van der Waals surface area contributed by atoms with Crippen molar-refractivity contribution in [2.45, 2.75) is 32.0 Å². The Labute approximate surface area is 160 Å². The Morgan fingerprint density at radius 1 is 1.08 bits per heavy atom. The van der Waals surface area contributed by atoms with E-state index in [0.29, 0.717) is 33.7 Å². The minimum Gasteiger partial charge on any atom is -0.489 e. The van der Waals surface area contributed by atoms with Crippen LogP contribution in [0.4, 0.5) is 8.78 Å². The van der Waals surface area contributed by atoms with Gasteiger partial charge in [-0.25, -0.2) is 0 Å². The number of rotatable bonds is 8. The van der Waals surface area contributed by atoms with Gasteiger partial charge in [0.25, 0.3) is 0 Å². The molecule has 0 heterocycles. The van der Waals surface area contributed by atoms with Crippen molar-refractivity contribution in [1.82, 2.24) is 0 Å². The highest BCUT2D eigenvalue weighted by molar-refractivity contribution is 6.36. The molecule has 3 rings (SSSR count). The molecule has 1 atom stereocenters. The summed E-state index contributed by atoms with van der Waals surface area (Å²) in [5, 5.41) is 11.5. The number of aliphatic hydroxyl groups excluding tert-OH is 1. The molecule has 1 saturated carbocycles. The van der Waals surface area contributed by atoms with Gasteiger partial charge in [0.05, 0.1) is 12.7 Å². The SMILES string of the molecule is OC(Cc1c(Cl)cccc1Cl)c1ccc(OC(F)F)c(OCC2CC2)c1. The highest BCUT2D eigenvalue weighted by Gasteiger charge is 2.24. The van der Waals surface area contributed by atoms with E-state index in [2.05, 4.69) is 4.74 Å². The molecular weight excluding hydrogens is 385 g/mol. The van der Waals surface area contributed by atoms with Crippen molar-refractivity contribution >= 4 is 23.2 Å². The average Bonchev–Trinajstić information content (AvgIpc) is 3.41. The maximum absolute atomic E-state index is 12.6. The normalized spacial score (nSPS) is 15.2. The molecule has 26 heavy (non-hydrogen) atoms. The van der Waals surface area contributed by atoms with E-state index in [9.17, 15) is 13.9 Å². The van der Waals surface area contributed by atoms with Gasteiger partial charge in [0.15, 0.2) is 11.5 Å². The average molecular weight is 403 g/mol. The lowest BCUT2D eigenvalue weighted by Gasteiger charge is -2.17. The number of benzene rings is 2. The smallest absolute Gasteiger partial charge is 0.387 e. The number of hydrogen-bond acceptors (Lipinski definition) is 3. The van der Waals surface area contributed by atoms with Crippen molar-refractivity contribution < 1.29 is 23.4 Å². The van der Waals surface area contributed by atoms with E-state index in [1.54, 1.807) is 18.2 Å². The summed E-state index contributed by atoms with van der Waals surface area (Å²) >= 11 is 12.3. The number of ether oxygens (including phenoxy) is 2. The fraction of sp³-hybridized carbons (Fsp3) is 0.368. The molecule has 1 aliphatic rings. The van der Waals surface area contributed by atoms with E-state index in [1.807, 2.05) is 0 Å². The number of aliphatic hydroxyl groups is 1. The second-order valence-electron chi connectivity index (χ2n) is 6.26. The maximum atomic E-state index is 12.6. The lowest BCUT2D eigenvalue weighted by atomic mass is 10.0. The summed E-state index contributed by atoms with van der Waals surface area (Å²) in [5.74, 6) is 0.594. The van der Waals surface area contributed by atoms with Crippen LogP contribution in [0.5, 0.6) is 11.5 Å². The van der Waals surface area contributed by atoms with Crippen molar-refractivity contribution in [3.8, 4) is 11.5 Å². The van der Waals surface area contributed by atoms with Gasteiger partial charge in [0.2, 0.25) is 0 Å². The van der Waals surface area contributed by atoms with Crippen molar-refractivity contribution in [3.05, 3.63) is 57.6 Å². The van der Waals surface area contributed by atoms with Crippen LogP contribution < -0.4 is 9.47 Å². The number of halogens is 4. The quantitative estimate of drug-likeness (QED) is 0.618. The first kappa shape index (κ1) is 19.2. The highest BCUT2D eigenvalue weighted by atomic mass is 35.5. The Bertz CT molecular complexity index is 746. The van der Waals surface area contributed by atoms with Gasteiger partial charge >= 0.3 is 6.61 Å². The van der Waals surface area contributed by atoms with Crippen LogP contribution in [0.2, 0.25) is 10.0 Å². The molecule has 1 unspecified atom stereocenters. The summed E-state index contributed by atoms with van der Waals surface area (Å²) in [6.07, 6.45) is 1.41. The van der Waals surface area contributed by atoms with Gasteiger partial charge in [-0.15, -0.1) is 0 Å². The predicted octanol–water partition coefficient (Wildman–Crippen LogP) is 5.66. The van der Waals surface area contributed by atoms with Gasteiger partial charge in [-0.2, -0.15) is 8.78 Å². The lowest BCUT2D eigenvalue weighted by molar-refractivity contribution is -0.0515.